The first-order valence-electron chi connectivity index (χ1n) is 19.7. The Kier molecular flexibility index (Phi) is 15.6. The molecule has 1 saturated heterocycles. The number of nitrogens with one attached hydrogen (secondary N) is 2. The van der Waals surface area contributed by atoms with Gasteiger partial charge >= 0.3 is 5.97 Å². The van der Waals surface area contributed by atoms with E-state index in [0.717, 1.165) is 0 Å². The number of unbranched alkanes of at least 4 members (excludes halogenated alkanes) is 2. The van der Waals surface area contributed by atoms with Crippen molar-refractivity contribution in [2.75, 3.05) is 27.2 Å². The van der Waals surface area contributed by atoms with Gasteiger partial charge in [-0.15, -0.1) is 5.06 Å². The first-order chi connectivity index (χ1) is 27.1. The second-order valence-corrected chi connectivity index (χ2v) is 15.4. The van der Waals surface area contributed by atoms with Gasteiger partial charge in [-0.2, -0.15) is 0 Å². The van der Waals surface area contributed by atoms with Crippen molar-refractivity contribution >= 4 is 52.9 Å². The van der Waals surface area contributed by atoms with Crippen molar-refractivity contribution in [1.82, 2.24) is 20.6 Å². The van der Waals surface area contributed by atoms with Gasteiger partial charge in [0.25, 0.3) is 17.7 Å². The number of Topliss-reactive ketones (excluding diaryl/α,β-unsaturated/α-hetero) is 2. The summed E-state index contributed by atoms with van der Waals surface area (Å²) in [5.41, 5.74) is 0.128. The van der Waals surface area contributed by atoms with Crippen LogP contribution >= 0.6 is 0 Å². The quantitative estimate of drug-likeness (QED) is 0.0849. The summed E-state index contributed by atoms with van der Waals surface area (Å²) in [7, 11) is 3.24. The molecule has 1 saturated carbocycles. The zero-order valence-electron chi connectivity index (χ0n) is 33.5. The highest BCUT2D eigenvalue weighted by atomic mass is 16.7. The molecular weight excluding hydrogens is 732 g/mol. The maximum Gasteiger partial charge on any atom is 0.333 e. The van der Waals surface area contributed by atoms with E-state index in [1.165, 1.54) is 4.90 Å². The second kappa shape index (κ2) is 20.1. The fourth-order valence-corrected chi connectivity index (χ4v) is 7.64. The van der Waals surface area contributed by atoms with E-state index < -0.39 is 52.8 Å². The number of carbonyl (C=O) groups excluding carboxylic acids is 9. The Labute approximate surface area is 333 Å². The van der Waals surface area contributed by atoms with Crippen molar-refractivity contribution in [2.45, 2.75) is 85.0 Å². The topological polar surface area (TPSA) is 193 Å². The summed E-state index contributed by atoms with van der Waals surface area (Å²) >= 11 is 0. The second-order valence-electron chi connectivity index (χ2n) is 15.4. The largest absolute Gasteiger partial charge is 0.356 e. The van der Waals surface area contributed by atoms with Gasteiger partial charge in [-0.3, -0.25) is 38.4 Å². The molecule has 0 aromatic heterocycles. The molecule has 5 atom stereocenters. The Morgan fingerprint density at radius 3 is 2.02 bits per heavy atom. The van der Waals surface area contributed by atoms with Crippen molar-refractivity contribution in [2.24, 2.45) is 29.1 Å². The Balaban J connectivity index is 1.32. The zero-order chi connectivity index (χ0) is 41.9. The summed E-state index contributed by atoms with van der Waals surface area (Å²) in [6.45, 7) is 5.62. The lowest BCUT2D eigenvalue weighted by atomic mass is 9.67. The molecule has 2 aromatic carbocycles. The minimum absolute atomic E-state index is 0.00336. The molecule has 57 heavy (non-hydrogen) atoms. The van der Waals surface area contributed by atoms with Crippen LogP contribution in [0.5, 0.6) is 0 Å². The molecule has 2 aliphatic rings. The number of benzene rings is 2. The summed E-state index contributed by atoms with van der Waals surface area (Å²) < 4.78 is 0. The number of amides is 5. The SMILES string of the molecule is CCC(C)(C(=O)NCCCNC(=O)c1ccc(C(=O)c2ccccc2)cc1)C1C(=O)C(CCCCCC(=O)ON2C(=O)CCC2=O)C(=O)C1CC(C)C(=O)N(C)C. The van der Waals surface area contributed by atoms with Crippen LogP contribution in [0.3, 0.4) is 0 Å². The van der Waals surface area contributed by atoms with Gasteiger partial charge in [0.15, 0.2) is 5.78 Å². The fraction of sp³-hybridized carbons (Fsp3) is 0.512. The molecule has 0 bridgehead atoms. The lowest BCUT2D eigenvalue weighted by Gasteiger charge is -2.36. The molecule has 0 spiro atoms. The summed E-state index contributed by atoms with van der Waals surface area (Å²) in [6, 6.07) is 15.2. The number of carbonyl (C=O) groups is 9. The van der Waals surface area contributed by atoms with Crippen LogP contribution in [0, 0.1) is 29.1 Å². The van der Waals surface area contributed by atoms with Gasteiger partial charge in [-0.25, -0.2) is 4.79 Å². The van der Waals surface area contributed by atoms with E-state index >= 15 is 0 Å². The highest BCUT2D eigenvalue weighted by Crippen LogP contribution is 2.48. The van der Waals surface area contributed by atoms with E-state index in [0.29, 0.717) is 47.4 Å². The number of hydroxylamine groups is 2. The predicted molar refractivity (Wildman–Crippen MR) is 208 cm³/mol. The van der Waals surface area contributed by atoms with Crippen molar-refractivity contribution in [3.8, 4) is 0 Å². The van der Waals surface area contributed by atoms with Crippen LogP contribution in [0.4, 0.5) is 0 Å². The highest BCUT2D eigenvalue weighted by molar-refractivity contribution is 6.13. The van der Waals surface area contributed by atoms with E-state index in [9.17, 15) is 43.2 Å². The normalized spacial score (nSPS) is 19.5. The Hall–Kier alpha value is -5.53. The average Bonchev–Trinajstić information content (AvgIpc) is 3.64. The third-order valence-corrected chi connectivity index (χ3v) is 11.1. The van der Waals surface area contributed by atoms with Gasteiger partial charge in [-0.05, 0) is 44.2 Å². The summed E-state index contributed by atoms with van der Waals surface area (Å²) in [5, 5.41) is 6.23. The number of ketones is 3. The van der Waals surface area contributed by atoms with Crippen LogP contribution in [-0.2, 0) is 38.4 Å². The van der Waals surface area contributed by atoms with Gasteiger partial charge in [0.1, 0.15) is 11.6 Å². The molecule has 1 aliphatic heterocycles. The van der Waals surface area contributed by atoms with Crippen LogP contribution in [0.15, 0.2) is 54.6 Å². The molecule has 1 heterocycles. The van der Waals surface area contributed by atoms with E-state index in [-0.39, 0.29) is 80.8 Å². The molecule has 2 N–H and O–H groups in total. The van der Waals surface area contributed by atoms with E-state index in [1.807, 2.05) is 6.07 Å². The molecule has 306 valence electrons. The van der Waals surface area contributed by atoms with E-state index in [2.05, 4.69) is 10.6 Å². The van der Waals surface area contributed by atoms with Crippen LogP contribution in [0.1, 0.15) is 111 Å². The lowest BCUT2D eigenvalue weighted by molar-refractivity contribution is -0.197. The molecule has 14 heteroatoms. The standard InChI is InChI=1S/C43H54N4O10/c1-6-43(3,42(56)45-25-13-24-44-40(54)30-20-18-29(19-21-30)37(51)28-14-9-7-10-15-28)36-32(26-27(2)41(55)46(4)5)38(52)31(39(36)53)16-11-8-12-17-35(50)57-47-33(48)22-23-34(47)49/h7,9-10,14-15,18-21,27,31-32,36H,6,8,11-13,16-17,22-26H2,1-5H3,(H,44,54)(H,45,56). The maximum absolute atomic E-state index is 14.2. The number of nitrogens with zero attached hydrogens (tertiary/aromatic N) is 2. The van der Waals surface area contributed by atoms with Gasteiger partial charge in [-0.1, -0.05) is 76.1 Å². The van der Waals surface area contributed by atoms with E-state index in [1.54, 1.807) is 83.4 Å². The van der Waals surface area contributed by atoms with Gasteiger partial charge < -0.3 is 20.4 Å². The Morgan fingerprint density at radius 1 is 0.807 bits per heavy atom. The minimum Gasteiger partial charge on any atom is -0.356 e. The highest BCUT2D eigenvalue weighted by Gasteiger charge is 2.58. The van der Waals surface area contributed by atoms with Gasteiger partial charge in [0, 0.05) is 80.9 Å². The van der Waals surface area contributed by atoms with Crippen LogP contribution in [-0.4, -0.2) is 90.0 Å². The molecule has 5 amide bonds. The molecule has 2 aromatic rings. The predicted octanol–water partition coefficient (Wildman–Crippen LogP) is 4.24. The van der Waals surface area contributed by atoms with Crippen LogP contribution < -0.4 is 10.6 Å². The van der Waals surface area contributed by atoms with Gasteiger partial charge in [0.05, 0.1) is 11.3 Å². The first kappa shape index (κ1) is 44.2. The summed E-state index contributed by atoms with van der Waals surface area (Å²) in [6.07, 6.45) is 2.16. The molecule has 4 rings (SSSR count). The average molecular weight is 787 g/mol. The van der Waals surface area contributed by atoms with E-state index in [4.69, 9.17) is 4.84 Å². The lowest BCUT2D eigenvalue weighted by Crippen LogP contribution is -2.48. The number of rotatable bonds is 20. The Morgan fingerprint density at radius 2 is 1.40 bits per heavy atom. The zero-order valence-corrected chi connectivity index (χ0v) is 33.5. The number of imide groups is 1. The molecular formula is C43H54N4O10. The third-order valence-electron chi connectivity index (χ3n) is 11.1. The molecule has 1 aliphatic carbocycles. The smallest absolute Gasteiger partial charge is 0.333 e. The molecule has 0 radical (unpaired) electrons. The van der Waals surface area contributed by atoms with Crippen LogP contribution in [0.2, 0.25) is 0 Å². The van der Waals surface area contributed by atoms with Gasteiger partial charge in [0.2, 0.25) is 11.8 Å². The maximum atomic E-state index is 14.2. The summed E-state index contributed by atoms with van der Waals surface area (Å²) in [5.74, 6) is -6.88. The fourth-order valence-electron chi connectivity index (χ4n) is 7.64. The monoisotopic (exact) mass is 786 g/mol. The first-order valence-corrected chi connectivity index (χ1v) is 19.7. The van der Waals surface area contributed by atoms with Crippen LogP contribution in [0.25, 0.3) is 0 Å². The number of hydrogen-bond acceptors (Lipinski definition) is 10. The van der Waals surface area contributed by atoms with Crippen molar-refractivity contribution in [3.63, 3.8) is 0 Å². The molecule has 2 fully saturated rings. The minimum atomic E-state index is -1.26. The third kappa shape index (κ3) is 10.9. The summed E-state index contributed by atoms with van der Waals surface area (Å²) in [4.78, 5) is 122. The Bertz CT molecular complexity index is 1830. The van der Waals surface area contributed by atoms with Crippen molar-refractivity contribution in [1.29, 1.82) is 0 Å². The van der Waals surface area contributed by atoms with Crippen molar-refractivity contribution < 1.29 is 48.0 Å². The molecule has 14 nitrogen and oxygen atoms in total. The van der Waals surface area contributed by atoms with Crippen molar-refractivity contribution in [3.05, 3.63) is 71.3 Å². The number of hydrogen-bond donors (Lipinski definition) is 2. The molecule has 5 unspecified atom stereocenters.